The lowest BCUT2D eigenvalue weighted by molar-refractivity contribution is 0.102. The number of hydrogen-bond acceptors (Lipinski definition) is 5. The van der Waals surface area contributed by atoms with E-state index in [0.29, 0.717) is 0 Å². The van der Waals surface area contributed by atoms with Crippen LogP contribution in [0.4, 0.5) is 5.69 Å². The molecule has 1 saturated carbocycles. The number of amides is 1. The standard InChI is InChI=1S/C22H29N3O5S2/c1-24(2)32(29,30)21-15-8-7-14-20(21)23-22(26)17-10-9-13-19(16-17)31(27,28)25(3)18-11-5-4-6-12-18/h7-10,13-16,18H,4-6,11-12H2,1-3H3,(H,23,26). The molecule has 0 saturated heterocycles. The van der Waals surface area contributed by atoms with Crippen LogP contribution < -0.4 is 5.32 Å². The van der Waals surface area contributed by atoms with Crippen LogP contribution in [0.3, 0.4) is 0 Å². The Hall–Kier alpha value is -2.27. The van der Waals surface area contributed by atoms with Crippen molar-refractivity contribution in [3.8, 4) is 0 Å². The average Bonchev–Trinajstić information content (AvgIpc) is 2.79. The zero-order valence-electron chi connectivity index (χ0n) is 18.5. The Morgan fingerprint density at radius 3 is 2.19 bits per heavy atom. The molecule has 174 valence electrons. The first kappa shape index (κ1) is 24.4. The van der Waals surface area contributed by atoms with Gasteiger partial charge in [-0.3, -0.25) is 4.79 Å². The monoisotopic (exact) mass is 479 g/mol. The van der Waals surface area contributed by atoms with Crippen LogP contribution >= 0.6 is 0 Å². The first-order valence-corrected chi connectivity index (χ1v) is 13.3. The smallest absolute Gasteiger partial charge is 0.255 e. The van der Waals surface area contributed by atoms with Crippen LogP contribution in [0.25, 0.3) is 0 Å². The van der Waals surface area contributed by atoms with Gasteiger partial charge in [0.1, 0.15) is 4.90 Å². The topological polar surface area (TPSA) is 104 Å². The number of anilines is 1. The zero-order valence-corrected chi connectivity index (χ0v) is 20.1. The fraction of sp³-hybridized carbons (Fsp3) is 0.409. The maximum Gasteiger partial charge on any atom is 0.255 e. The van der Waals surface area contributed by atoms with Gasteiger partial charge in [-0.2, -0.15) is 4.31 Å². The van der Waals surface area contributed by atoms with Crippen molar-refractivity contribution in [1.82, 2.24) is 8.61 Å². The second-order valence-corrected chi connectivity index (χ2v) is 12.2. The van der Waals surface area contributed by atoms with Crippen molar-refractivity contribution >= 4 is 31.6 Å². The van der Waals surface area contributed by atoms with E-state index in [0.717, 1.165) is 36.4 Å². The molecule has 0 aromatic heterocycles. The third kappa shape index (κ3) is 5.03. The summed E-state index contributed by atoms with van der Waals surface area (Å²) < 4.78 is 53.9. The van der Waals surface area contributed by atoms with Crippen LogP contribution in [0.1, 0.15) is 42.5 Å². The molecular weight excluding hydrogens is 450 g/mol. The van der Waals surface area contributed by atoms with Gasteiger partial charge in [0.2, 0.25) is 20.0 Å². The van der Waals surface area contributed by atoms with E-state index < -0.39 is 26.0 Å². The van der Waals surface area contributed by atoms with E-state index in [1.54, 1.807) is 19.2 Å². The first-order valence-electron chi connectivity index (χ1n) is 10.5. The lowest BCUT2D eigenvalue weighted by atomic mass is 9.96. The van der Waals surface area contributed by atoms with Crippen LogP contribution in [0.2, 0.25) is 0 Å². The number of nitrogens with zero attached hydrogens (tertiary/aromatic N) is 2. The Morgan fingerprint density at radius 2 is 1.53 bits per heavy atom. The quantitative estimate of drug-likeness (QED) is 0.657. The Bertz CT molecular complexity index is 1190. The van der Waals surface area contributed by atoms with Crippen LogP contribution in [0.15, 0.2) is 58.3 Å². The van der Waals surface area contributed by atoms with Gasteiger partial charge in [0.25, 0.3) is 5.91 Å². The SMILES string of the molecule is CN(C)S(=O)(=O)c1ccccc1NC(=O)c1cccc(S(=O)(=O)N(C)C2CCCCC2)c1. The fourth-order valence-corrected chi connectivity index (χ4v) is 6.29. The number of hydrogen-bond donors (Lipinski definition) is 1. The number of carbonyl (C=O) groups excluding carboxylic acids is 1. The molecule has 1 aliphatic rings. The van der Waals surface area contributed by atoms with E-state index in [1.807, 2.05) is 0 Å². The average molecular weight is 480 g/mol. The minimum Gasteiger partial charge on any atom is -0.321 e. The predicted octanol–water partition coefficient (Wildman–Crippen LogP) is 3.14. The number of para-hydroxylation sites is 1. The molecule has 3 rings (SSSR count). The summed E-state index contributed by atoms with van der Waals surface area (Å²) in [6.07, 6.45) is 4.77. The molecule has 1 N–H and O–H groups in total. The molecular formula is C22H29N3O5S2. The highest BCUT2D eigenvalue weighted by Crippen LogP contribution is 2.27. The molecule has 0 unspecified atom stereocenters. The summed E-state index contributed by atoms with van der Waals surface area (Å²) in [7, 11) is -3.13. The maximum absolute atomic E-state index is 13.1. The van der Waals surface area contributed by atoms with Gasteiger partial charge in [-0.05, 0) is 43.2 Å². The van der Waals surface area contributed by atoms with Gasteiger partial charge < -0.3 is 5.32 Å². The van der Waals surface area contributed by atoms with Gasteiger partial charge in [0.05, 0.1) is 10.6 Å². The van der Waals surface area contributed by atoms with E-state index in [1.165, 1.54) is 54.8 Å². The van der Waals surface area contributed by atoms with Crippen molar-refractivity contribution in [2.24, 2.45) is 0 Å². The van der Waals surface area contributed by atoms with Crippen molar-refractivity contribution in [3.63, 3.8) is 0 Å². The van der Waals surface area contributed by atoms with Crippen LogP contribution in [0.5, 0.6) is 0 Å². The van der Waals surface area contributed by atoms with Gasteiger partial charge in [-0.1, -0.05) is 37.5 Å². The summed E-state index contributed by atoms with van der Waals surface area (Å²) >= 11 is 0. The normalized spacial score (nSPS) is 15.8. The third-order valence-electron chi connectivity index (χ3n) is 5.76. The molecule has 8 nitrogen and oxygen atoms in total. The molecule has 0 aliphatic heterocycles. The second-order valence-electron chi connectivity index (χ2n) is 8.08. The number of carbonyl (C=O) groups is 1. The van der Waals surface area contributed by atoms with E-state index >= 15 is 0 Å². The molecule has 0 spiro atoms. The Labute approximate surface area is 190 Å². The van der Waals surface area contributed by atoms with Crippen molar-refractivity contribution in [2.45, 2.75) is 47.9 Å². The largest absolute Gasteiger partial charge is 0.321 e. The number of benzene rings is 2. The molecule has 10 heteroatoms. The van der Waals surface area contributed by atoms with Crippen LogP contribution in [-0.4, -0.2) is 58.5 Å². The van der Waals surface area contributed by atoms with Crippen molar-refractivity contribution in [2.75, 3.05) is 26.5 Å². The zero-order chi connectivity index (χ0) is 23.5. The third-order valence-corrected chi connectivity index (χ3v) is 9.54. The summed E-state index contributed by atoms with van der Waals surface area (Å²) in [5, 5.41) is 2.61. The Balaban J connectivity index is 1.87. The van der Waals surface area contributed by atoms with Crippen LogP contribution in [-0.2, 0) is 20.0 Å². The summed E-state index contributed by atoms with van der Waals surface area (Å²) in [4.78, 5) is 12.9. The highest BCUT2D eigenvalue weighted by atomic mass is 32.2. The molecule has 0 atom stereocenters. The first-order chi connectivity index (χ1) is 15.0. The molecule has 0 radical (unpaired) electrons. The van der Waals surface area contributed by atoms with E-state index in [9.17, 15) is 21.6 Å². The van der Waals surface area contributed by atoms with Gasteiger partial charge in [-0.25, -0.2) is 21.1 Å². The molecule has 2 aromatic rings. The Kier molecular flexibility index (Phi) is 7.39. The van der Waals surface area contributed by atoms with Crippen molar-refractivity contribution < 1.29 is 21.6 Å². The molecule has 32 heavy (non-hydrogen) atoms. The number of sulfonamides is 2. The van der Waals surface area contributed by atoms with Crippen LogP contribution in [0, 0.1) is 0 Å². The molecule has 0 bridgehead atoms. The Morgan fingerprint density at radius 1 is 0.875 bits per heavy atom. The van der Waals surface area contributed by atoms with Crippen molar-refractivity contribution in [1.29, 1.82) is 0 Å². The fourth-order valence-electron chi connectivity index (χ4n) is 3.79. The van der Waals surface area contributed by atoms with E-state index in [-0.39, 0.29) is 27.1 Å². The minimum atomic E-state index is -3.77. The van der Waals surface area contributed by atoms with Gasteiger partial charge in [0.15, 0.2) is 0 Å². The lowest BCUT2D eigenvalue weighted by Crippen LogP contribution is -2.38. The number of nitrogens with one attached hydrogen (secondary N) is 1. The lowest BCUT2D eigenvalue weighted by Gasteiger charge is -2.30. The summed E-state index contributed by atoms with van der Waals surface area (Å²) in [6.45, 7) is 0. The summed E-state index contributed by atoms with van der Waals surface area (Å²) in [6, 6.07) is 11.8. The number of rotatable bonds is 7. The summed E-state index contributed by atoms with van der Waals surface area (Å²) in [5.74, 6) is -0.594. The summed E-state index contributed by atoms with van der Waals surface area (Å²) in [5.41, 5.74) is 0.249. The van der Waals surface area contributed by atoms with E-state index in [4.69, 9.17) is 0 Å². The second kappa shape index (κ2) is 9.70. The molecule has 1 amide bonds. The molecule has 1 aliphatic carbocycles. The van der Waals surface area contributed by atoms with Gasteiger partial charge >= 0.3 is 0 Å². The molecule has 2 aromatic carbocycles. The van der Waals surface area contributed by atoms with Crippen molar-refractivity contribution in [3.05, 3.63) is 54.1 Å². The predicted molar refractivity (Wildman–Crippen MR) is 124 cm³/mol. The highest BCUT2D eigenvalue weighted by Gasteiger charge is 2.29. The molecule has 0 heterocycles. The molecule has 1 fully saturated rings. The minimum absolute atomic E-state index is 0.0346. The van der Waals surface area contributed by atoms with Gasteiger partial charge in [0, 0.05) is 32.7 Å². The maximum atomic E-state index is 13.1. The van der Waals surface area contributed by atoms with E-state index in [2.05, 4.69) is 5.32 Å². The highest BCUT2D eigenvalue weighted by molar-refractivity contribution is 7.89. The van der Waals surface area contributed by atoms with Gasteiger partial charge in [-0.15, -0.1) is 0 Å².